The molecule has 2 saturated heterocycles. The molecule has 3 aliphatic carbocycles. The van der Waals surface area contributed by atoms with E-state index in [-0.39, 0.29) is 35.2 Å². The maximum Gasteiger partial charge on any atom is 0.481 e. The number of carbonyl (C=O) groups excluding carboxylic acids is 3. The topological polar surface area (TPSA) is 115 Å². The van der Waals surface area contributed by atoms with Gasteiger partial charge in [-0.2, -0.15) is 0 Å². The average molecular weight is 674 g/mol. The van der Waals surface area contributed by atoms with E-state index in [9.17, 15) is 14.4 Å². The minimum atomic E-state index is -0.683. The van der Waals surface area contributed by atoms with Crippen LogP contribution in [0.25, 0.3) is 0 Å². The Labute approximate surface area is 291 Å². The lowest BCUT2D eigenvalue weighted by molar-refractivity contribution is -0.199. The van der Waals surface area contributed by atoms with Crippen molar-refractivity contribution >= 4 is 24.8 Å². The molecule has 2 aromatic carbocycles. The van der Waals surface area contributed by atoms with E-state index in [1.54, 1.807) is 12.0 Å². The van der Waals surface area contributed by atoms with Crippen LogP contribution in [0.4, 0.5) is 0 Å². The Balaban J connectivity index is 1.16. The van der Waals surface area contributed by atoms with Crippen molar-refractivity contribution in [2.45, 2.75) is 110 Å². The zero-order valence-electron chi connectivity index (χ0n) is 30.0. The van der Waals surface area contributed by atoms with Gasteiger partial charge in [0.15, 0.2) is 0 Å². The van der Waals surface area contributed by atoms with Gasteiger partial charge in [-0.1, -0.05) is 39.8 Å². The predicted octanol–water partition coefficient (Wildman–Crippen LogP) is 5.32. The highest BCUT2D eigenvalue weighted by molar-refractivity contribution is 6.48. The van der Waals surface area contributed by atoms with Crippen LogP contribution in [0.15, 0.2) is 48.5 Å². The Kier molecular flexibility index (Phi) is 10.1. The molecule has 2 heterocycles. The summed E-state index contributed by atoms with van der Waals surface area (Å²) in [6, 6.07) is 14.1. The van der Waals surface area contributed by atoms with Gasteiger partial charge in [0, 0.05) is 13.5 Å². The lowest BCUT2D eigenvalue weighted by Gasteiger charge is -2.64. The molecule has 7 unspecified atom stereocenters. The third kappa shape index (κ3) is 7.06. The molecule has 264 valence electrons. The van der Waals surface area contributed by atoms with E-state index in [0.29, 0.717) is 37.6 Å². The van der Waals surface area contributed by atoms with Crippen molar-refractivity contribution in [1.82, 2.24) is 15.5 Å². The number of hydrogen-bond donors (Lipinski definition) is 2. The van der Waals surface area contributed by atoms with E-state index < -0.39 is 30.7 Å². The number of amides is 3. The molecule has 3 saturated carbocycles. The normalized spacial score (nSPS) is 27.9. The first kappa shape index (κ1) is 35.3. The smallest absolute Gasteiger partial charge is 0.481 e. The van der Waals surface area contributed by atoms with Crippen molar-refractivity contribution in [2.75, 3.05) is 13.7 Å². The van der Waals surface area contributed by atoms with Crippen molar-refractivity contribution in [3.63, 3.8) is 0 Å². The van der Waals surface area contributed by atoms with Gasteiger partial charge in [0.2, 0.25) is 17.7 Å². The average Bonchev–Trinajstić information content (AvgIpc) is 3.70. The van der Waals surface area contributed by atoms with Crippen LogP contribution in [-0.2, 0) is 30.1 Å². The number of carbonyl (C=O) groups is 3. The van der Waals surface area contributed by atoms with Crippen LogP contribution in [0.5, 0.6) is 17.2 Å². The van der Waals surface area contributed by atoms with Gasteiger partial charge in [0.05, 0.1) is 24.8 Å². The fourth-order valence-corrected chi connectivity index (χ4v) is 8.67. The molecular formula is C38H52BN3O7. The summed E-state index contributed by atoms with van der Waals surface area (Å²) in [4.78, 5) is 41.2. The molecule has 0 radical (unpaired) electrons. The maximum absolute atomic E-state index is 14.1. The lowest BCUT2D eigenvalue weighted by Crippen LogP contribution is -2.65. The lowest BCUT2D eigenvalue weighted by atomic mass is 9.43. The molecule has 2 aromatic rings. The quantitative estimate of drug-likeness (QED) is 0.293. The number of nitrogens with one attached hydrogen (secondary N) is 2. The summed E-state index contributed by atoms with van der Waals surface area (Å²) < 4.78 is 24.8. The Morgan fingerprint density at radius 3 is 2.24 bits per heavy atom. The van der Waals surface area contributed by atoms with Crippen LogP contribution < -0.4 is 20.1 Å². The molecule has 5 aliphatic rings. The molecule has 7 rings (SSSR count). The van der Waals surface area contributed by atoms with E-state index >= 15 is 0 Å². The second-order valence-corrected chi connectivity index (χ2v) is 15.5. The van der Waals surface area contributed by atoms with Crippen molar-refractivity contribution < 1.29 is 33.2 Å². The number of nitrogens with zero attached hydrogens (tertiary/aromatic N) is 1. The fourth-order valence-electron chi connectivity index (χ4n) is 8.67. The number of hydrogen-bond acceptors (Lipinski definition) is 7. The molecule has 11 heteroatoms. The summed E-state index contributed by atoms with van der Waals surface area (Å²) in [5.74, 6) is 2.01. The zero-order chi connectivity index (χ0) is 35.1. The van der Waals surface area contributed by atoms with Crippen LogP contribution in [-0.4, -0.2) is 73.1 Å². The number of aryl methyl sites for hydroxylation is 1. The standard InChI is InChI=1S/C38H52BN3O7/c1-23(2)34(40-24(3)43)36(45)42-20-8-9-30(42)35(44)41-33(39-48-32-22-26-21-31(37(26,4)5)38(32,6)49-39)19-12-25-10-13-28(14-11-25)47-29-17-15-27(46-7)16-18-29/h10-11,13-18,23,26,30-34H,8-9,12,19-22H2,1-7H3,(H,40,43)(H,41,44). The number of rotatable bonds is 12. The van der Waals surface area contributed by atoms with Crippen molar-refractivity contribution in [2.24, 2.45) is 23.2 Å². The van der Waals surface area contributed by atoms with E-state index in [1.165, 1.54) is 6.92 Å². The third-order valence-electron chi connectivity index (χ3n) is 11.7. The minimum Gasteiger partial charge on any atom is -0.497 e. The maximum atomic E-state index is 14.1. The second-order valence-electron chi connectivity index (χ2n) is 15.5. The molecule has 7 atom stereocenters. The molecule has 2 bridgehead atoms. The summed E-state index contributed by atoms with van der Waals surface area (Å²) in [5.41, 5.74) is 0.882. The molecule has 5 fully saturated rings. The van der Waals surface area contributed by atoms with Crippen molar-refractivity contribution in [1.29, 1.82) is 0 Å². The van der Waals surface area contributed by atoms with Crippen molar-refractivity contribution in [3.05, 3.63) is 54.1 Å². The van der Waals surface area contributed by atoms with Gasteiger partial charge >= 0.3 is 7.12 Å². The SMILES string of the molecule is COc1ccc(Oc2ccc(CCC(NC(=O)C3CCCN3C(=O)C(NC(C)=O)C(C)C)B3OC4CC5CC(C5(C)C)C4(C)O3)cc2)cc1. The Hall–Kier alpha value is -3.57. The van der Waals surface area contributed by atoms with Crippen molar-refractivity contribution in [3.8, 4) is 17.2 Å². The first-order valence-electron chi connectivity index (χ1n) is 17.9. The molecule has 49 heavy (non-hydrogen) atoms. The van der Waals surface area contributed by atoms with Gasteiger partial charge in [0.1, 0.15) is 29.3 Å². The minimum absolute atomic E-state index is 0.0166. The number of benzene rings is 2. The first-order chi connectivity index (χ1) is 23.3. The van der Waals surface area contributed by atoms with E-state index in [2.05, 4.69) is 31.4 Å². The number of methoxy groups -OCH3 is 1. The number of likely N-dealkylation sites (tertiary alicyclic amines) is 1. The van der Waals surface area contributed by atoms with Gasteiger partial charge in [-0.3, -0.25) is 14.4 Å². The van der Waals surface area contributed by atoms with E-state index in [0.717, 1.165) is 42.1 Å². The Bertz CT molecular complexity index is 1520. The van der Waals surface area contributed by atoms with Crippen LogP contribution >= 0.6 is 0 Å². The number of ether oxygens (including phenoxy) is 2. The zero-order valence-corrected chi connectivity index (χ0v) is 30.0. The molecular weight excluding hydrogens is 621 g/mol. The molecule has 10 nitrogen and oxygen atoms in total. The first-order valence-corrected chi connectivity index (χ1v) is 17.9. The summed E-state index contributed by atoms with van der Waals surface area (Å²) >= 11 is 0. The van der Waals surface area contributed by atoms with Crippen LogP contribution in [0.1, 0.15) is 79.2 Å². The van der Waals surface area contributed by atoms with Crippen LogP contribution in [0.2, 0.25) is 0 Å². The molecule has 0 aromatic heterocycles. The van der Waals surface area contributed by atoms with Gasteiger partial charge < -0.3 is 34.3 Å². The summed E-state index contributed by atoms with van der Waals surface area (Å²) in [6.45, 7) is 12.5. The molecule has 2 N–H and O–H groups in total. The van der Waals surface area contributed by atoms with E-state index in [1.807, 2.05) is 62.4 Å². The largest absolute Gasteiger partial charge is 0.497 e. The van der Waals surface area contributed by atoms with E-state index in [4.69, 9.17) is 18.8 Å². The third-order valence-corrected chi connectivity index (χ3v) is 11.7. The highest BCUT2D eigenvalue weighted by Gasteiger charge is 2.68. The van der Waals surface area contributed by atoms with Crippen LogP contribution in [0, 0.1) is 23.2 Å². The highest BCUT2D eigenvalue weighted by atomic mass is 16.7. The molecule has 2 aliphatic heterocycles. The van der Waals surface area contributed by atoms with Gasteiger partial charge in [-0.05, 0) is 111 Å². The monoisotopic (exact) mass is 673 g/mol. The summed E-state index contributed by atoms with van der Waals surface area (Å²) in [5, 5.41) is 6.08. The van der Waals surface area contributed by atoms with Crippen LogP contribution in [0.3, 0.4) is 0 Å². The fraction of sp³-hybridized carbons (Fsp3) is 0.605. The molecule has 3 amide bonds. The second kappa shape index (κ2) is 14.0. The summed E-state index contributed by atoms with van der Waals surface area (Å²) in [6.07, 6.45) is 4.64. The van der Waals surface area contributed by atoms with Gasteiger partial charge in [-0.15, -0.1) is 0 Å². The summed E-state index contributed by atoms with van der Waals surface area (Å²) in [7, 11) is 1.04. The highest BCUT2D eigenvalue weighted by Crippen LogP contribution is 2.65. The Morgan fingerprint density at radius 2 is 1.63 bits per heavy atom. The predicted molar refractivity (Wildman–Crippen MR) is 187 cm³/mol. The van der Waals surface area contributed by atoms with Gasteiger partial charge in [-0.25, -0.2) is 0 Å². The Morgan fingerprint density at radius 1 is 0.980 bits per heavy atom. The molecule has 0 spiro atoms. The van der Waals surface area contributed by atoms with Gasteiger partial charge in [0.25, 0.3) is 0 Å².